The van der Waals surface area contributed by atoms with E-state index in [-0.39, 0.29) is 0 Å². The summed E-state index contributed by atoms with van der Waals surface area (Å²) in [5.74, 6) is 0. The minimum atomic E-state index is -2.92. The summed E-state index contributed by atoms with van der Waals surface area (Å²) in [5.41, 5.74) is 10.1. The number of hydrogen-bond donors (Lipinski definition) is 2. The second-order valence-electron chi connectivity index (χ2n) is 1.65. The number of hydrogen-bond acceptors (Lipinski definition) is 1. The van der Waals surface area contributed by atoms with Crippen molar-refractivity contribution < 1.29 is 4.57 Å². The van der Waals surface area contributed by atoms with Gasteiger partial charge in [0.2, 0.25) is 0 Å². The third-order valence-corrected chi connectivity index (χ3v) is 2.34. The van der Waals surface area contributed by atoms with E-state index in [0.717, 1.165) is 0 Å². The molecule has 0 spiro atoms. The lowest BCUT2D eigenvalue weighted by atomic mass is 10.8. The Kier molecular flexibility index (Phi) is 2.63. The molecule has 0 fully saturated rings. The van der Waals surface area contributed by atoms with Crippen molar-refractivity contribution in [3.63, 3.8) is 0 Å². The molecular weight excluding hydrogens is 125 g/mol. The average molecular weight is 137 g/mol. The molecule has 0 aliphatic heterocycles. The maximum absolute atomic E-state index is 10.6. The summed E-state index contributed by atoms with van der Waals surface area (Å²) in [6.45, 7) is 2.46. The van der Waals surface area contributed by atoms with Crippen LogP contribution in [0.2, 0.25) is 0 Å². The topological polar surface area (TPSA) is 72.3 Å². The van der Waals surface area contributed by atoms with Crippen LogP contribution in [0.15, 0.2) is 0 Å². The summed E-state index contributed by atoms with van der Waals surface area (Å²) in [5, 5.41) is 0. The highest BCUT2D eigenvalue weighted by molar-refractivity contribution is 7.56. The minimum absolute atomic E-state index is 0.615. The molecule has 0 saturated heterocycles. The maximum Gasteiger partial charge on any atom is 0.276 e. The normalized spacial score (nSPS) is 12.6. The van der Waals surface area contributed by atoms with E-state index in [1.165, 1.54) is 4.67 Å². The molecule has 0 aromatic heterocycles. The quantitative estimate of drug-likeness (QED) is 0.524. The van der Waals surface area contributed by atoms with Gasteiger partial charge >= 0.3 is 0 Å². The van der Waals surface area contributed by atoms with E-state index in [0.29, 0.717) is 6.54 Å². The summed E-state index contributed by atoms with van der Waals surface area (Å²) in [7, 11) is -1.30. The van der Waals surface area contributed by atoms with Gasteiger partial charge in [-0.05, 0) is 7.05 Å². The first kappa shape index (κ1) is 8.11. The van der Waals surface area contributed by atoms with Gasteiger partial charge in [0.05, 0.1) is 0 Å². The SMILES string of the molecule is CCN(C)P(N)(N)=O. The van der Waals surface area contributed by atoms with Gasteiger partial charge in [0.15, 0.2) is 0 Å². The van der Waals surface area contributed by atoms with Gasteiger partial charge in [0.1, 0.15) is 0 Å². The van der Waals surface area contributed by atoms with E-state index in [9.17, 15) is 4.57 Å². The molecule has 50 valence electrons. The van der Waals surface area contributed by atoms with Crippen molar-refractivity contribution >= 4 is 7.59 Å². The molecule has 5 heteroatoms. The fourth-order valence-corrected chi connectivity index (χ4v) is 0.663. The first-order valence-electron chi connectivity index (χ1n) is 2.37. The highest BCUT2D eigenvalue weighted by Gasteiger charge is 2.12. The summed E-state index contributed by atoms with van der Waals surface area (Å²) in [4.78, 5) is 0. The third kappa shape index (κ3) is 2.43. The Morgan fingerprint density at radius 2 is 2.00 bits per heavy atom. The smallest absolute Gasteiger partial charge is 0.271 e. The van der Waals surface area contributed by atoms with Gasteiger partial charge in [-0.1, -0.05) is 6.92 Å². The fraction of sp³-hybridized carbons (Fsp3) is 1.00. The number of rotatable bonds is 2. The van der Waals surface area contributed by atoms with Crippen LogP contribution < -0.4 is 11.0 Å². The molecule has 4 N–H and O–H groups in total. The predicted molar refractivity (Wildman–Crippen MR) is 34.3 cm³/mol. The summed E-state index contributed by atoms with van der Waals surface area (Å²) >= 11 is 0. The third-order valence-electron chi connectivity index (χ3n) is 0.991. The predicted octanol–water partition coefficient (Wildman–Crippen LogP) is -0.0364. The second-order valence-corrected chi connectivity index (χ2v) is 3.67. The highest BCUT2D eigenvalue weighted by Crippen LogP contribution is 2.27. The fourth-order valence-electron chi connectivity index (χ4n) is 0.221. The van der Waals surface area contributed by atoms with Crippen molar-refractivity contribution in [2.24, 2.45) is 11.0 Å². The Morgan fingerprint density at radius 3 is 2.00 bits per heavy atom. The molecule has 0 radical (unpaired) electrons. The van der Waals surface area contributed by atoms with Crippen molar-refractivity contribution in [1.29, 1.82) is 0 Å². The lowest BCUT2D eigenvalue weighted by Gasteiger charge is -2.17. The Morgan fingerprint density at radius 1 is 1.62 bits per heavy atom. The molecule has 0 rings (SSSR count). The van der Waals surface area contributed by atoms with Crippen LogP contribution in [-0.2, 0) is 4.57 Å². The van der Waals surface area contributed by atoms with Crippen LogP contribution in [-0.4, -0.2) is 18.3 Å². The van der Waals surface area contributed by atoms with Crippen LogP contribution >= 0.6 is 7.59 Å². The van der Waals surface area contributed by atoms with E-state index in [2.05, 4.69) is 0 Å². The second kappa shape index (κ2) is 2.60. The number of nitrogens with zero attached hydrogens (tertiary/aromatic N) is 1. The monoisotopic (exact) mass is 137 g/mol. The molecule has 0 saturated carbocycles. The Balaban J connectivity index is 3.82. The highest BCUT2D eigenvalue weighted by atomic mass is 31.2. The largest absolute Gasteiger partial charge is 0.276 e. The Hall–Kier alpha value is 0.110. The van der Waals surface area contributed by atoms with Crippen LogP contribution in [0, 0.1) is 0 Å². The van der Waals surface area contributed by atoms with E-state index < -0.39 is 7.59 Å². The van der Waals surface area contributed by atoms with Crippen LogP contribution in [0.1, 0.15) is 6.92 Å². The van der Waals surface area contributed by atoms with Gasteiger partial charge in [-0.3, -0.25) is 15.6 Å². The molecule has 0 heterocycles. The van der Waals surface area contributed by atoms with E-state index in [1.807, 2.05) is 6.92 Å². The Bertz CT molecular complexity index is 109. The lowest BCUT2D eigenvalue weighted by molar-refractivity contribution is 0.485. The minimum Gasteiger partial charge on any atom is -0.271 e. The van der Waals surface area contributed by atoms with Gasteiger partial charge in [-0.15, -0.1) is 0 Å². The summed E-state index contributed by atoms with van der Waals surface area (Å²) in [6.07, 6.45) is 0. The van der Waals surface area contributed by atoms with Crippen molar-refractivity contribution in [1.82, 2.24) is 4.67 Å². The average Bonchev–Trinajstić information content (AvgIpc) is 1.62. The summed E-state index contributed by atoms with van der Waals surface area (Å²) < 4.78 is 12.1. The molecule has 0 aliphatic rings. The van der Waals surface area contributed by atoms with Crippen molar-refractivity contribution in [2.75, 3.05) is 13.6 Å². The van der Waals surface area contributed by atoms with Crippen molar-refractivity contribution in [3.8, 4) is 0 Å². The van der Waals surface area contributed by atoms with Crippen LogP contribution in [0.3, 0.4) is 0 Å². The van der Waals surface area contributed by atoms with Gasteiger partial charge in [0.25, 0.3) is 7.59 Å². The molecule has 0 atom stereocenters. The zero-order chi connectivity index (χ0) is 6.78. The van der Waals surface area contributed by atoms with Gasteiger partial charge in [-0.25, -0.2) is 4.67 Å². The maximum atomic E-state index is 10.6. The molecule has 0 bridgehead atoms. The molecule has 0 aromatic rings. The van der Waals surface area contributed by atoms with Gasteiger partial charge in [0, 0.05) is 6.54 Å². The lowest BCUT2D eigenvalue weighted by Crippen LogP contribution is -2.24. The zero-order valence-corrected chi connectivity index (χ0v) is 6.06. The van der Waals surface area contributed by atoms with Crippen LogP contribution in [0.25, 0.3) is 0 Å². The molecule has 0 unspecified atom stereocenters. The van der Waals surface area contributed by atoms with E-state index >= 15 is 0 Å². The molecule has 8 heavy (non-hydrogen) atoms. The van der Waals surface area contributed by atoms with Crippen molar-refractivity contribution in [2.45, 2.75) is 6.92 Å². The van der Waals surface area contributed by atoms with Crippen molar-refractivity contribution in [3.05, 3.63) is 0 Å². The van der Waals surface area contributed by atoms with Crippen LogP contribution in [0.4, 0.5) is 0 Å². The zero-order valence-electron chi connectivity index (χ0n) is 5.16. The van der Waals surface area contributed by atoms with Gasteiger partial charge < -0.3 is 0 Å². The van der Waals surface area contributed by atoms with E-state index in [4.69, 9.17) is 11.0 Å². The van der Waals surface area contributed by atoms with Gasteiger partial charge in [-0.2, -0.15) is 0 Å². The number of nitrogens with two attached hydrogens (primary N) is 2. The standard InChI is InChI=1S/C3H12N3OP/c1-3-6(2)8(4,5)7/h3H2,1-2H3,(H4,4,5,7). The molecular formula is C3H12N3OP. The Labute approximate surface area is 49.4 Å². The molecule has 4 nitrogen and oxygen atoms in total. The summed E-state index contributed by atoms with van der Waals surface area (Å²) in [6, 6.07) is 0. The molecule has 0 aliphatic carbocycles. The first-order chi connectivity index (χ1) is 3.48. The first-order valence-corrected chi connectivity index (χ1v) is 4.17. The molecule has 0 aromatic carbocycles. The molecule has 0 amide bonds. The van der Waals surface area contributed by atoms with Crippen LogP contribution in [0.5, 0.6) is 0 Å². The van der Waals surface area contributed by atoms with E-state index in [1.54, 1.807) is 7.05 Å².